The van der Waals surface area contributed by atoms with Gasteiger partial charge in [-0.3, -0.25) is 4.79 Å². The molecule has 1 aliphatic heterocycles. The third-order valence-electron chi connectivity index (χ3n) is 5.08. The number of carbonyl (C=O) groups excluding carboxylic acids is 1. The SMILES string of the molecule is CN(C(=O)N1CCC(C)(C(=O)O)CC1)C1CCCCC1. The molecule has 1 N–H and O–H groups in total. The Morgan fingerprint density at radius 1 is 1.15 bits per heavy atom. The number of nitrogens with zero attached hydrogens (tertiary/aromatic N) is 2. The summed E-state index contributed by atoms with van der Waals surface area (Å²) in [5.74, 6) is -0.745. The highest BCUT2D eigenvalue weighted by molar-refractivity contribution is 5.77. The van der Waals surface area contributed by atoms with Gasteiger partial charge in [0.25, 0.3) is 0 Å². The first-order valence-electron chi connectivity index (χ1n) is 7.69. The molecule has 0 bridgehead atoms. The van der Waals surface area contributed by atoms with Crippen molar-refractivity contribution >= 4 is 12.0 Å². The van der Waals surface area contributed by atoms with Gasteiger partial charge in [0.2, 0.25) is 0 Å². The topological polar surface area (TPSA) is 60.9 Å². The first kappa shape index (κ1) is 15.1. The smallest absolute Gasteiger partial charge is 0.319 e. The molecule has 1 saturated heterocycles. The Kier molecular flexibility index (Phi) is 4.55. The number of likely N-dealkylation sites (tertiary alicyclic amines) is 1. The summed E-state index contributed by atoms with van der Waals surface area (Å²) in [4.78, 5) is 27.4. The normalized spacial score (nSPS) is 23.4. The number of amides is 2. The molecule has 5 heteroatoms. The van der Waals surface area contributed by atoms with Crippen molar-refractivity contribution in [3.8, 4) is 0 Å². The Morgan fingerprint density at radius 2 is 1.70 bits per heavy atom. The minimum atomic E-state index is -0.745. The van der Waals surface area contributed by atoms with E-state index in [2.05, 4.69) is 0 Å². The largest absolute Gasteiger partial charge is 0.481 e. The summed E-state index contributed by atoms with van der Waals surface area (Å²) in [5.41, 5.74) is -0.666. The molecule has 0 atom stereocenters. The maximum Gasteiger partial charge on any atom is 0.319 e. The number of carboxylic acids is 1. The van der Waals surface area contributed by atoms with Crippen molar-refractivity contribution in [2.75, 3.05) is 20.1 Å². The van der Waals surface area contributed by atoms with Gasteiger partial charge in [0.1, 0.15) is 0 Å². The van der Waals surface area contributed by atoms with Crippen LogP contribution in [-0.2, 0) is 4.79 Å². The van der Waals surface area contributed by atoms with Crippen LogP contribution in [-0.4, -0.2) is 53.1 Å². The summed E-state index contributed by atoms with van der Waals surface area (Å²) >= 11 is 0. The van der Waals surface area contributed by atoms with Gasteiger partial charge >= 0.3 is 12.0 Å². The van der Waals surface area contributed by atoms with E-state index in [0.717, 1.165) is 12.8 Å². The fourth-order valence-electron chi connectivity index (χ4n) is 3.25. The molecule has 2 rings (SSSR count). The second kappa shape index (κ2) is 6.02. The molecule has 0 spiro atoms. The zero-order valence-electron chi connectivity index (χ0n) is 12.6. The van der Waals surface area contributed by atoms with Crippen molar-refractivity contribution in [3.63, 3.8) is 0 Å². The Hall–Kier alpha value is -1.26. The second-order valence-electron chi connectivity index (χ2n) is 6.54. The fourth-order valence-corrected chi connectivity index (χ4v) is 3.25. The average molecular weight is 282 g/mol. The van der Waals surface area contributed by atoms with E-state index in [-0.39, 0.29) is 6.03 Å². The number of piperidine rings is 1. The van der Waals surface area contributed by atoms with Crippen molar-refractivity contribution in [1.82, 2.24) is 9.80 Å². The van der Waals surface area contributed by atoms with Crippen molar-refractivity contribution < 1.29 is 14.7 Å². The maximum absolute atomic E-state index is 12.5. The van der Waals surface area contributed by atoms with Crippen LogP contribution in [0, 0.1) is 5.41 Å². The third kappa shape index (κ3) is 3.07. The lowest BCUT2D eigenvalue weighted by atomic mass is 9.80. The van der Waals surface area contributed by atoms with Gasteiger partial charge in [-0.25, -0.2) is 4.79 Å². The number of hydrogen-bond acceptors (Lipinski definition) is 2. The molecule has 1 saturated carbocycles. The first-order valence-corrected chi connectivity index (χ1v) is 7.69. The number of carbonyl (C=O) groups is 2. The van der Waals surface area contributed by atoms with Crippen LogP contribution in [0.2, 0.25) is 0 Å². The monoisotopic (exact) mass is 282 g/mol. The molecule has 20 heavy (non-hydrogen) atoms. The van der Waals surface area contributed by atoms with E-state index in [4.69, 9.17) is 0 Å². The number of urea groups is 1. The summed E-state index contributed by atoms with van der Waals surface area (Å²) in [7, 11) is 1.89. The van der Waals surface area contributed by atoms with Gasteiger partial charge < -0.3 is 14.9 Å². The zero-order chi connectivity index (χ0) is 14.8. The van der Waals surface area contributed by atoms with Gasteiger partial charge in [-0.15, -0.1) is 0 Å². The van der Waals surface area contributed by atoms with Gasteiger partial charge in [0.15, 0.2) is 0 Å². The second-order valence-corrected chi connectivity index (χ2v) is 6.54. The molecule has 0 aromatic carbocycles. The summed E-state index contributed by atoms with van der Waals surface area (Å²) in [6, 6.07) is 0.438. The highest BCUT2D eigenvalue weighted by Crippen LogP contribution is 2.32. The lowest BCUT2D eigenvalue weighted by Crippen LogP contribution is -2.51. The van der Waals surface area contributed by atoms with Crippen LogP contribution in [0.25, 0.3) is 0 Å². The molecule has 1 aliphatic carbocycles. The first-order chi connectivity index (χ1) is 9.44. The van der Waals surface area contributed by atoms with E-state index in [0.29, 0.717) is 32.0 Å². The Morgan fingerprint density at radius 3 is 2.20 bits per heavy atom. The van der Waals surface area contributed by atoms with Gasteiger partial charge in [-0.1, -0.05) is 19.3 Å². The fraction of sp³-hybridized carbons (Fsp3) is 0.867. The van der Waals surface area contributed by atoms with Crippen LogP contribution in [0.4, 0.5) is 4.79 Å². The standard InChI is InChI=1S/C15H26N2O3/c1-15(13(18)19)8-10-17(11-9-15)14(20)16(2)12-6-4-3-5-7-12/h12H,3-11H2,1-2H3,(H,18,19). The Balaban J connectivity index is 1.89. The average Bonchev–Trinajstić information content (AvgIpc) is 2.47. The van der Waals surface area contributed by atoms with E-state index in [1.807, 2.05) is 16.8 Å². The summed E-state index contributed by atoms with van der Waals surface area (Å²) in [6.45, 7) is 2.89. The summed E-state index contributed by atoms with van der Waals surface area (Å²) < 4.78 is 0. The third-order valence-corrected chi connectivity index (χ3v) is 5.08. The minimum absolute atomic E-state index is 0.0735. The van der Waals surface area contributed by atoms with E-state index < -0.39 is 11.4 Å². The van der Waals surface area contributed by atoms with Crippen LogP contribution >= 0.6 is 0 Å². The molecule has 2 amide bonds. The van der Waals surface area contributed by atoms with Crippen LogP contribution < -0.4 is 0 Å². The van der Waals surface area contributed by atoms with Gasteiger partial charge in [0, 0.05) is 26.2 Å². The van der Waals surface area contributed by atoms with Gasteiger partial charge in [-0.05, 0) is 32.6 Å². The van der Waals surface area contributed by atoms with E-state index in [9.17, 15) is 14.7 Å². The van der Waals surface area contributed by atoms with Gasteiger partial charge in [-0.2, -0.15) is 0 Å². The van der Waals surface area contributed by atoms with Crippen LogP contribution in [0.5, 0.6) is 0 Å². The Labute approximate surface area is 120 Å². The molecule has 0 radical (unpaired) electrons. The molecule has 1 heterocycles. The van der Waals surface area contributed by atoms with Crippen molar-refractivity contribution in [2.45, 2.75) is 57.9 Å². The zero-order valence-corrected chi connectivity index (χ0v) is 12.6. The molecule has 5 nitrogen and oxygen atoms in total. The Bertz CT molecular complexity index is 369. The summed E-state index contributed by atoms with van der Waals surface area (Å²) in [6.07, 6.45) is 6.99. The molecule has 0 aromatic heterocycles. The number of aliphatic carboxylic acids is 1. The quantitative estimate of drug-likeness (QED) is 0.846. The predicted octanol–water partition coefficient (Wildman–Crippen LogP) is 2.56. The van der Waals surface area contributed by atoms with Crippen LogP contribution in [0.1, 0.15) is 51.9 Å². The van der Waals surface area contributed by atoms with Crippen molar-refractivity contribution in [2.24, 2.45) is 5.41 Å². The van der Waals surface area contributed by atoms with Crippen molar-refractivity contribution in [3.05, 3.63) is 0 Å². The minimum Gasteiger partial charge on any atom is -0.481 e. The van der Waals surface area contributed by atoms with Crippen LogP contribution in [0.3, 0.4) is 0 Å². The molecule has 2 fully saturated rings. The van der Waals surface area contributed by atoms with Gasteiger partial charge in [0.05, 0.1) is 5.41 Å². The molecule has 2 aliphatic rings. The summed E-state index contributed by atoms with van der Waals surface area (Å²) in [5, 5.41) is 9.22. The van der Waals surface area contributed by atoms with Crippen molar-refractivity contribution in [1.29, 1.82) is 0 Å². The highest BCUT2D eigenvalue weighted by atomic mass is 16.4. The molecule has 114 valence electrons. The molecular weight excluding hydrogens is 256 g/mol. The molecule has 0 unspecified atom stereocenters. The number of rotatable bonds is 2. The van der Waals surface area contributed by atoms with Crippen LogP contribution in [0.15, 0.2) is 0 Å². The maximum atomic E-state index is 12.5. The van der Waals surface area contributed by atoms with E-state index in [1.54, 1.807) is 6.92 Å². The molecular formula is C15H26N2O3. The molecule has 0 aromatic rings. The van der Waals surface area contributed by atoms with E-state index >= 15 is 0 Å². The predicted molar refractivity (Wildman–Crippen MR) is 76.6 cm³/mol. The van der Waals surface area contributed by atoms with E-state index in [1.165, 1.54) is 19.3 Å². The lowest BCUT2D eigenvalue weighted by molar-refractivity contribution is -0.150. The number of carboxylic acid groups (broad SMARTS) is 1. The highest BCUT2D eigenvalue weighted by Gasteiger charge is 2.39. The lowest BCUT2D eigenvalue weighted by Gasteiger charge is -2.40. The number of hydrogen-bond donors (Lipinski definition) is 1.